The van der Waals surface area contributed by atoms with Gasteiger partial charge in [-0.25, -0.2) is 18.4 Å². The number of para-hydroxylation sites is 1. The molecule has 1 heterocycles. The zero-order valence-corrected chi connectivity index (χ0v) is 17.8. The van der Waals surface area contributed by atoms with Crippen LogP contribution in [0.3, 0.4) is 0 Å². The van der Waals surface area contributed by atoms with Crippen LogP contribution >= 0.6 is 0 Å². The molecular weight excluding hydrogens is 420 g/mol. The van der Waals surface area contributed by atoms with Crippen LogP contribution in [0, 0.1) is 0 Å². The van der Waals surface area contributed by atoms with E-state index in [1.54, 1.807) is 12.1 Å². The minimum Gasteiger partial charge on any atom is -0.481 e. The first kappa shape index (κ1) is 22.0. The standard InChI is InChI=1S/C21H22N4O5S/c1-3-18(30-16-7-5-4-6-8-16)21(26)24-15-9-11-17(12-10-15)31(27,28)25-19-13-20(29-2)23-14-22-19/h4-14,18H,3H2,1-2H3,(H,24,26)(H,22,23,25). The summed E-state index contributed by atoms with van der Waals surface area (Å²) in [6, 6.07) is 16.2. The Labute approximate surface area is 180 Å². The van der Waals surface area contributed by atoms with Crippen molar-refractivity contribution < 1.29 is 22.7 Å². The molecule has 0 fully saturated rings. The van der Waals surface area contributed by atoms with E-state index in [9.17, 15) is 13.2 Å². The van der Waals surface area contributed by atoms with Crippen molar-refractivity contribution in [3.63, 3.8) is 0 Å². The number of sulfonamides is 1. The van der Waals surface area contributed by atoms with E-state index < -0.39 is 16.1 Å². The summed E-state index contributed by atoms with van der Waals surface area (Å²) < 4.78 is 38.2. The molecule has 0 bridgehead atoms. The molecule has 0 radical (unpaired) electrons. The fourth-order valence-corrected chi connectivity index (χ4v) is 3.63. The third-order valence-electron chi connectivity index (χ3n) is 4.21. The molecule has 0 aliphatic rings. The number of rotatable bonds is 9. The van der Waals surface area contributed by atoms with Gasteiger partial charge in [0.15, 0.2) is 6.10 Å². The summed E-state index contributed by atoms with van der Waals surface area (Å²) in [4.78, 5) is 20.2. The Morgan fingerprint density at radius 2 is 1.77 bits per heavy atom. The average Bonchev–Trinajstić information content (AvgIpc) is 2.78. The van der Waals surface area contributed by atoms with E-state index in [0.29, 0.717) is 17.9 Å². The fourth-order valence-electron chi connectivity index (χ4n) is 2.63. The maximum absolute atomic E-state index is 12.6. The molecule has 3 aromatic rings. The van der Waals surface area contributed by atoms with Gasteiger partial charge in [-0.05, 0) is 42.8 Å². The summed E-state index contributed by atoms with van der Waals surface area (Å²) in [6.45, 7) is 1.84. The Morgan fingerprint density at radius 1 is 1.06 bits per heavy atom. The molecule has 0 saturated carbocycles. The van der Waals surface area contributed by atoms with Gasteiger partial charge >= 0.3 is 0 Å². The Hall–Kier alpha value is -3.66. The second-order valence-electron chi connectivity index (χ2n) is 6.39. The van der Waals surface area contributed by atoms with Crippen molar-refractivity contribution in [2.75, 3.05) is 17.1 Å². The zero-order valence-electron chi connectivity index (χ0n) is 17.0. The molecule has 0 aliphatic heterocycles. The summed E-state index contributed by atoms with van der Waals surface area (Å²) in [5.41, 5.74) is 0.447. The lowest BCUT2D eigenvalue weighted by molar-refractivity contribution is -0.122. The minimum atomic E-state index is -3.88. The molecule has 2 N–H and O–H groups in total. The maximum atomic E-state index is 12.6. The quantitative estimate of drug-likeness (QED) is 0.522. The highest BCUT2D eigenvalue weighted by Gasteiger charge is 2.20. The molecule has 1 unspecified atom stereocenters. The topological polar surface area (TPSA) is 120 Å². The van der Waals surface area contributed by atoms with E-state index in [1.807, 2.05) is 25.1 Å². The molecule has 0 spiro atoms. The molecule has 1 aromatic heterocycles. The van der Waals surface area contributed by atoms with Gasteiger partial charge in [0, 0.05) is 11.8 Å². The van der Waals surface area contributed by atoms with Crippen LogP contribution in [0.15, 0.2) is 71.9 Å². The van der Waals surface area contributed by atoms with Gasteiger partial charge < -0.3 is 14.8 Å². The highest BCUT2D eigenvalue weighted by molar-refractivity contribution is 7.92. The van der Waals surface area contributed by atoms with Crippen molar-refractivity contribution in [3.05, 3.63) is 67.0 Å². The van der Waals surface area contributed by atoms with E-state index in [2.05, 4.69) is 20.0 Å². The average molecular weight is 442 g/mol. The van der Waals surface area contributed by atoms with E-state index >= 15 is 0 Å². The lowest BCUT2D eigenvalue weighted by Crippen LogP contribution is -2.32. The number of carbonyl (C=O) groups excluding carboxylic acids is 1. The number of benzene rings is 2. The largest absolute Gasteiger partial charge is 0.481 e. The van der Waals surface area contributed by atoms with Crippen LogP contribution in [0.4, 0.5) is 11.5 Å². The second kappa shape index (κ2) is 9.90. The lowest BCUT2D eigenvalue weighted by Gasteiger charge is -2.17. The number of nitrogens with zero attached hydrogens (tertiary/aromatic N) is 2. The molecule has 1 atom stereocenters. The van der Waals surface area contributed by atoms with Crippen molar-refractivity contribution in [3.8, 4) is 11.6 Å². The number of methoxy groups -OCH3 is 1. The number of nitrogens with one attached hydrogen (secondary N) is 2. The molecule has 3 rings (SSSR count). The normalized spacial score (nSPS) is 11.9. The minimum absolute atomic E-state index is 0.00987. The monoisotopic (exact) mass is 442 g/mol. The first-order chi connectivity index (χ1) is 14.9. The Bertz CT molecular complexity index is 1120. The van der Waals surface area contributed by atoms with Gasteiger partial charge in [0.2, 0.25) is 5.88 Å². The van der Waals surface area contributed by atoms with Gasteiger partial charge in [0.05, 0.1) is 12.0 Å². The molecule has 0 saturated heterocycles. The summed E-state index contributed by atoms with van der Waals surface area (Å²) in [6.07, 6.45) is 0.983. The van der Waals surface area contributed by atoms with Crippen molar-refractivity contribution in [1.29, 1.82) is 0 Å². The molecule has 10 heteroatoms. The highest BCUT2D eigenvalue weighted by Crippen LogP contribution is 2.19. The van der Waals surface area contributed by atoms with Gasteiger partial charge in [-0.1, -0.05) is 25.1 Å². The van der Waals surface area contributed by atoms with Gasteiger partial charge in [-0.2, -0.15) is 0 Å². The van der Waals surface area contributed by atoms with Gasteiger partial charge in [0.1, 0.15) is 17.9 Å². The predicted octanol–water partition coefficient (Wildman–Crippen LogP) is 3.08. The fraction of sp³-hybridized carbons (Fsp3) is 0.190. The van der Waals surface area contributed by atoms with Crippen LogP contribution in [0.1, 0.15) is 13.3 Å². The smallest absolute Gasteiger partial charge is 0.265 e. The molecule has 2 aromatic carbocycles. The first-order valence-corrected chi connectivity index (χ1v) is 10.9. The van der Waals surface area contributed by atoms with Gasteiger partial charge in [-0.3, -0.25) is 9.52 Å². The number of carbonyl (C=O) groups is 1. The molecule has 9 nitrogen and oxygen atoms in total. The number of hydrogen-bond donors (Lipinski definition) is 2. The zero-order chi connectivity index (χ0) is 22.3. The van der Waals surface area contributed by atoms with Crippen molar-refractivity contribution in [2.24, 2.45) is 0 Å². The highest BCUT2D eigenvalue weighted by atomic mass is 32.2. The van der Waals surface area contributed by atoms with E-state index in [4.69, 9.17) is 9.47 Å². The van der Waals surface area contributed by atoms with E-state index in [0.717, 1.165) is 0 Å². The number of ether oxygens (including phenoxy) is 2. The molecular formula is C21H22N4O5S. The first-order valence-electron chi connectivity index (χ1n) is 9.42. The van der Waals surface area contributed by atoms with Gasteiger partial charge in [-0.15, -0.1) is 0 Å². The van der Waals surface area contributed by atoms with E-state index in [1.165, 1.54) is 43.8 Å². The summed E-state index contributed by atoms with van der Waals surface area (Å²) in [5, 5.41) is 2.74. The Morgan fingerprint density at radius 3 is 2.42 bits per heavy atom. The van der Waals surface area contributed by atoms with Crippen LogP contribution in [-0.4, -0.2) is 37.5 Å². The van der Waals surface area contributed by atoms with Gasteiger partial charge in [0.25, 0.3) is 15.9 Å². The molecule has 31 heavy (non-hydrogen) atoms. The van der Waals surface area contributed by atoms with Crippen molar-refractivity contribution >= 4 is 27.4 Å². The SMILES string of the molecule is CCC(Oc1ccccc1)C(=O)Nc1ccc(S(=O)(=O)Nc2cc(OC)ncn2)cc1. The summed E-state index contributed by atoms with van der Waals surface area (Å²) in [7, 11) is -2.46. The summed E-state index contributed by atoms with van der Waals surface area (Å²) >= 11 is 0. The molecule has 0 aliphatic carbocycles. The van der Waals surface area contributed by atoms with Crippen molar-refractivity contribution in [2.45, 2.75) is 24.3 Å². The number of amides is 1. The molecule has 162 valence electrons. The second-order valence-corrected chi connectivity index (χ2v) is 8.07. The predicted molar refractivity (Wildman–Crippen MR) is 116 cm³/mol. The third-order valence-corrected chi connectivity index (χ3v) is 5.58. The Kier molecular flexibility index (Phi) is 7.03. The Balaban J connectivity index is 1.66. The van der Waals surface area contributed by atoms with Crippen LogP contribution in [-0.2, 0) is 14.8 Å². The van der Waals surface area contributed by atoms with Crippen LogP contribution < -0.4 is 19.5 Å². The number of hydrogen-bond acceptors (Lipinski definition) is 7. The number of anilines is 2. The summed E-state index contributed by atoms with van der Waals surface area (Å²) in [5.74, 6) is 0.577. The maximum Gasteiger partial charge on any atom is 0.265 e. The van der Waals surface area contributed by atoms with Crippen molar-refractivity contribution in [1.82, 2.24) is 9.97 Å². The van der Waals surface area contributed by atoms with E-state index in [-0.39, 0.29) is 22.5 Å². The molecule has 1 amide bonds. The lowest BCUT2D eigenvalue weighted by atomic mass is 10.2. The third kappa shape index (κ3) is 5.92. The van der Waals surface area contributed by atoms with Crippen LogP contribution in [0.25, 0.3) is 0 Å². The van der Waals surface area contributed by atoms with Crippen LogP contribution in [0.2, 0.25) is 0 Å². The van der Waals surface area contributed by atoms with Crippen LogP contribution in [0.5, 0.6) is 11.6 Å². The number of aromatic nitrogens is 2.